The second-order valence-corrected chi connectivity index (χ2v) is 5.17. The van der Waals surface area contributed by atoms with Crippen LogP contribution in [0.5, 0.6) is 5.75 Å². The molecule has 0 heterocycles. The molecule has 114 valence electrons. The minimum absolute atomic E-state index is 0.0273. The first-order chi connectivity index (χ1) is 9.56. The molecule has 1 aromatic carbocycles. The lowest BCUT2D eigenvalue weighted by atomic mass is 9.93. The van der Waals surface area contributed by atoms with Crippen LogP contribution in [0.25, 0.3) is 0 Å². The summed E-state index contributed by atoms with van der Waals surface area (Å²) in [5.74, 6) is 0.903. The minimum atomic E-state index is -0.553. The molecule has 2 unspecified atom stereocenters. The molecule has 0 aromatic heterocycles. The Morgan fingerprint density at radius 1 is 1.30 bits per heavy atom. The van der Waals surface area contributed by atoms with Gasteiger partial charge in [-0.25, -0.2) is 0 Å². The summed E-state index contributed by atoms with van der Waals surface area (Å²) in [6.45, 7) is 7.42. The highest BCUT2D eigenvalue weighted by Crippen LogP contribution is 2.30. The summed E-state index contributed by atoms with van der Waals surface area (Å²) in [5, 5.41) is 13.7. The van der Waals surface area contributed by atoms with Gasteiger partial charge in [-0.2, -0.15) is 0 Å². The zero-order valence-electron chi connectivity index (χ0n) is 13.1. The molecule has 0 aliphatic rings. The number of aliphatic hydroxyl groups is 1. The van der Waals surface area contributed by atoms with Crippen LogP contribution in [0.3, 0.4) is 0 Å². The van der Waals surface area contributed by atoms with Gasteiger partial charge in [-0.3, -0.25) is 0 Å². The molecule has 4 N–H and O–H groups in total. The van der Waals surface area contributed by atoms with Crippen molar-refractivity contribution < 1.29 is 9.84 Å². The van der Waals surface area contributed by atoms with Gasteiger partial charge in [-0.05, 0) is 63.0 Å². The molecule has 0 saturated heterocycles. The SMILES string of the molecule is CCCOc1ccc(C(O)C(CCN)NC)c(C)c1C. The Bertz CT molecular complexity index is 421. The number of rotatable bonds is 8. The van der Waals surface area contributed by atoms with Gasteiger partial charge in [0, 0.05) is 6.04 Å². The molecular formula is C16H28N2O2. The molecule has 0 aliphatic carbocycles. The molecule has 0 aliphatic heterocycles. The predicted octanol–water partition coefficient (Wildman–Crippen LogP) is 2.06. The third-order valence-corrected chi connectivity index (χ3v) is 3.79. The number of ether oxygens (including phenoxy) is 1. The summed E-state index contributed by atoms with van der Waals surface area (Å²) in [5.41, 5.74) is 8.72. The van der Waals surface area contributed by atoms with E-state index in [4.69, 9.17) is 10.5 Å². The first kappa shape index (κ1) is 17.0. The molecule has 1 rings (SSSR count). The van der Waals surface area contributed by atoms with Crippen molar-refractivity contribution >= 4 is 0 Å². The summed E-state index contributed by atoms with van der Waals surface area (Å²) in [4.78, 5) is 0. The van der Waals surface area contributed by atoms with Crippen LogP contribution in [0.2, 0.25) is 0 Å². The molecule has 4 heteroatoms. The Balaban J connectivity index is 2.98. The molecule has 0 amide bonds. The number of benzene rings is 1. The van der Waals surface area contributed by atoms with Crippen molar-refractivity contribution in [3.63, 3.8) is 0 Å². The van der Waals surface area contributed by atoms with Crippen molar-refractivity contribution in [3.05, 3.63) is 28.8 Å². The number of nitrogens with one attached hydrogen (secondary N) is 1. The molecule has 0 saturated carbocycles. The molecule has 0 spiro atoms. The van der Waals surface area contributed by atoms with Crippen molar-refractivity contribution in [2.45, 2.75) is 45.8 Å². The van der Waals surface area contributed by atoms with Gasteiger partial charge < -0.3 is 20.9 Å². The summed E-state index contributed by atoms with van der Waals surface area (Å²) < 4.78 is 5.72. The Morgan fingerprint density at radius 2 is 2.00 bits per heavy atom. The second kappa shape index (κ2) is 8.25. The third-order valence-electron chi connectivity index (χ3n) is 3.79. The van der Waals surface area contributed by atoms with Gasteiger partial charge >= 0.3 is 0 Å². The number of aliphatic hydroxyl groups excluding tert-OH is 1. The van der Waals surface area contributed by atoms with E-state index in [2.05, 4.69) is 12.2 Å². The topological polar surface area (TPSA) is 67.5 Å². The van der Waals surface area contributed by atoms with E-state index in [0.29, 0.717) is 13.2 Å². The first-order valence-electron chi connectivity index (χ1n) is 7.35. The van der Waals surface area contributed by atoms with E-state index < -0.39 is 6.10 Å². The maximum atomic E-state index is 10.5. The Kier molecular flexibility index (Phi) is 6.99. The van der Waals surface area contributed by atoms with Crippen LogP contribution in [0, 0.1) is 13.8 Å². The standard InChI is InChI=1S/C16H28N2O2/c1-5-10-20-15-7-6-13(11(2)12(15)3)16(19)14(18-4)8-9-17/h6-7,14,16,18-19H,5,8-10,17H2,1-4H3. The highest BCUT2D eigenvalue weighted by atomic mass is 16.5. The normalized spacial score (nSPS) is 14.1. The zero-order valence-corrected chi connectivity index (χ0v) is 13.1. The molecule has 0 bridgehead atoms. The molecule has 20 heavy (non-hydrogen) atoms. The minimum Gasteiger partial charge on any atom is -0.493 e. The average Bonchev–Trinajstić information content (AvgIpc) is 2.45. The van der Waals surface area contributed by atoms with Gasteiger partial charge in [-0.1, -0.05) is 13.0 Å². The largest absolute Gasteiger partial charge is 0.493 e. The van der Waals surface area contributed by atoms with E-state index in [-0.39, 0.29) is 6.04 Å². The van der Waals surface area contributed by atoms with Gasteiger partial charge in [0.1, 0.15) is 5.75 Å². The van der Waals surface area contributed by atoms with E-state index in [0.717, 1.165) is 35.3 Å². The fourth-order valence-corrected chi connectivity index (χ4v) is 2.36. The van der Waals surface area contributed by atoms with E-state index in [1.807, 2.05) is 33.0 Å². The van der Waals surface area contributed by atoms with Gasteiger partial charge in [0.15, 0.2) is 0 Å². The lowest BCUT2D eigenvalue weighted by molar-refractivity contribution is 0.128. The summed E-state index contributed by atoms with van der Waals surface area (Å²) in [6.07, 6.45) is 1.17. The van der Waals surface area contributed by atoms with Crippen LogP contribution in [-0.4, -0.2) is 31.3 Å². The van der Waals surface area contributed by atoms with Crippen molar-refractivity contribution in [1.29, 1.82) is 0 Å². The summed E-state index contributed by atoms with van der Waals surface area (Å²) >= 11 is 0. The number of likely N-dealkylation sites (N-methyl/N-ethyl adjacent to an activating group) is 1. The summed E-state index contributed by atoms with van der Waals surface area (Å²) in [7, 11) is 1.85. The van der Waals surface area contributed by atoms with Crippen molar-refractivity contribution in [2.24, 2.45) is 5.73 Å². The van der Waals surface area contributed by atoms with Crippen LogP contribution >= 0.6 is 0 Å². The van der Waals surface area contributed by atoms with Gasteiger partial charge in [0.25, 0.3) is 0 Å². The molecule has 4 nitrogen and oxygen atoms in total. The van der Waals surface area contributed by atoms with Gasteiger partial charge in [0.2, 0.25) is 0 Å². The highest BCUT2D eigenvalue weighted by Gasteiger charge is 2.21. The highest BCUT2D eigenvalue weighted by molar-refractivity contribution is 5.44. The van der Waals surface area contributed by atoms with Crippen LogP contribution in [0.1, 0.15) is 42.6 Å². The molecule has 2 atom stereocenters. The molecular weight excluding hydrogens is 252 g/mol. The van der Waals surface area contributed by atoms with E-state index >= 15 is 0 Å². The number of hydrogen-bond donors (Lipinski definition) is 3. The van der Waals surface area contributed by atoms with Crippen LogP contribution in [0.4, 0.5) is 0 Å². The van der Waals surface area contributed by atoms with Gasteiger partial charge in [-0.15, -0.1) is 0 Å². The predicted molar refractivity (Wildman–Crippen MR) is 83.2 cm³/mol. The monoisotopic (exact) mass is 280 g/mol. The van der Waals surface area contributed by atoms with Crippen molar-refractivity contribution in [2.75, 3.05) is 20.2 Å². The van der Waals surface area contributed by atoms with E-state index in [1.165, 1.54) is 0 Å². The van der Waals surface area contributed by atoms with Crippen LogP contribution in [0.15, 0.2) is 12.1 Å². The molecule has 0 radical (unpaired) electrons. The maximum Gasteiger partial charge on any atom is 0.122 e. The van der Waals surface area contributed by atoms with Crippen LogP contribution in [-0.2, 0) is 0 Å². The average molecular weight is 280 g/mol. The number of nitrogens with two attached hydrogens (primary N) is 1. The zero-order chi connectivity index (χ0) is 15.1. The van der Waals surface area contributed by atoms with Crippen molar-refractivity contribution in [1.82, 2.24) is 5.32 Å². The molecule has 0 fully saturated rings. The fraction of sp³-hybridized carbons (Fsp3) is 0.625. The second-order valence-electron chi connectivity index (χ2n) is 5.17. The molecule has 1 aromatic rings. The Morgan fingerprint density at radius 3 is 2.55 bits per heavy atom. The Labute approximate surface area is 122 Å². The van der Waals surface area contributed by atoms with E-state index in [1.54, 1.807) is 0 Å². The smallest absolute Gasteiger partial charge is 0.122 e. The van der Waals surface area contributed by atoms with Crippen LogP contribution < -0.4 is 15.8 Å². The quantitative estimate of drug-likeness (QED) is 0.682. The summed E-state index contributed by atoms with van der Waals surface area (Å²) in [6, 6.07) is 3.88. The van der Waals surface area contributed by atoms with E-state index in [9.17, 15) is 5.11 Å². The Hall–Kier alpha value is -1.10. The van der Waals surface area contributed by atoms with Gasteiger partial charge in [0.05, 0.1) is 12.7 Å². The number of hydrogen-bond acceptors (Lipinski definition) is 4. The lowest BCUT2D eigenvalue weighted by Gasteiger charge is -2.25. The first-order valence-corrected chi connectivity index (χ1v) is 7.35. The fourth-order valence-electron chi connectivity index (χ4n) is 2.36. The third kappa shape index (κ3) is 3.95. The maximum absolute atomic E-state index is 10.5. The lowest BCUT2D eigenvalue weighted by Crippen LogP contribution is -2.34. The van der Waals surface area contributed by atoms with Crippen molar-refractivity contribution in [3.8, 4) is 5.75 Å².